The van der Waals surface area contributed by atoms with Crippen molar-refractivity contribution in [2.24, 2.45) is 0 Å². The molecule has 0 aliphatic heterocycles. The number of hydrogen-bond donors (Lipinski definition) is 0. The van der Waals surface area contributed by atoms with E-state index in [-0.39, 0.29) is 0 Å². The summed E-state index contributed by atoms with van der Waals surface area (Å²) in [4.78, 5) is 2.32. The smallest absolute Gasteiger partial charge is 0.0462 e. The Kier molecular flexibility index (Phi) is 7.92. The fraction of sp³-hybridized carbons (Fsp3) is 0. The highest BCUT2D eigenvalue weighted by atomic mass is 15.1. The molecule has 0 heterocycles. The third kappa shape index (κ3) is 5.75. The highest BCUT2D eigenvalue weighted by molar-refractivity contribution is 6.22. The van der Waals surface area contributed by atoms with Gasteiger partial charge in [-0.1, -0.05) is 170 Å². The lowest BCUT2D eigenvalue weighted by Crippen LogP contribution is -2.09. The van der Waals surface area contributed by atoms with Gasteiger partial charge in [-0.05, 0) is 109 Å². The Labute approximate surface area is 299 Å². The van der Waals surface area contributed by atoms with E-state index in [4.69, 9.17) is 0 Å². The molecule has 0 fully saturated rings. The lowest BCUT2D eigenvalue weighted by molar-refractivity contribution is 1.28. The summed E-state index contributed by atoms with van der Waals surface area (Å²) < 4.78 is 0. The molecule has 0 saturated carbocycles. The number of anilines is 3. The Morgan fingerprint density at radius 2 is 0.569 bits per heavy atom. The van der Waals surface area contributed by atoms with Crippen LogP contribution in [-0.4, -0.2) is 0 Å². The fourth-order valence-corrected chi connectivity index (χ4v) is 7.44. The minimum absolute atomic E-state index is 1.11. The summed E-state index contributed by atoms with van der Waals surface area (Å²) in [6.45, 7) is 0. The van der Waals surface area contributed by atoms with Gasteiger partial charge >= 0.3 is 0 Å². The SMILES string of the molecule is c1ccc(-c2ccc(N(c3ccccc3)c3ccc(-c4ccc5c(c4)c(-c4ccccc4)c(-c4ccccc4)c4ccccc45)cc3)cc2)cc1. The molecule has 0 atom stereocenters. The van der Waals surface area contributed by atoms with Gasteiger partial charge in [-0.15, -0.1) is 0 Å². The third-order valence-corrected chi connectivity index (χ3v) is 9.86. The third-order valence-electron chi connectivity index (χ3n) is 9.86. The molecule has 1 nitrogen and oxygen atoms in total. The summed E-state index contributed by atoms with van der Waals surface area (Å²) >= 11 is 0. The quantitative estimate of drug-likeness (QED) is 0.155. The van der Waals surface area contributed by atoms with Crippen LogP contribution in [0.1, 0.15) is 0 Å². The number of benzene rings is 9. The van der Waals surface area contributed by atoms with E-state index in [0.29, 0.717) is 0 Å². The molecule has 0 radical (unpaired) electrons. The molecule has 0 aromatic heterocycles. The van der Waals surface area contributed by atoms with Crippen LogP contribution in [0.4, 0.5) is 17.1 Å². The van der Waals surface area contributed by atoms with E-state index >= 15 is 0 Å². The van der Waals surface area contributed by atoms with Gasteiger partial charge in [-0.3, -0.25) is 0 Å². The molecule has 0 unspecified atom stereocenters. The van der Waals surface area contributed by atoms with Crippen molar-refractivity contribution >= 4 is 38.6 Å². The van der Waals surface area contributed by atoms with Gasteiger partial charge in [0.1, 0.15) is 0 Å². The Bertz CT molecular complexity index is 2580. The zero-order valence-electron chi connectivity index (χ0n) is 28.2. The normalized spacial score (nSPS) is 11.1. The molecule has 9 aromatic rings. The topological polar surface area (TPSA) is 3.24 Å². The van der Waals surface area contributed by atoms with Crippen LogP contribution in [0.15, 0.2) is 212 Å². The van der Waals surface area contributed by atoms with Gasteiger partial charge in [0.15, 0.2) is 0 Å². The Balaban J connectivity index is 1.17. The van der Waals surface area contributed by atoms with E-state index in [0.717, 1.165) is 17.1 Å². The highest BCUT2D eigenvalue weighted by Crippen LogP contribution is 2.45. The molecule has 0 spiro atoms. The molecule has 0 bridgehead atoms. The van der Waals surface area contributed by atoms with Crippen molar-refractivity contribution in [3.05, 3.63) is 212 Å². The summed E-state index contributed by atoms with van der Waals surface area (Å²) in [6.07, 6.45) is 0. The molecule has 240 valence electrons. The average molecular weight is 650 g/mol. The second kappa shape index (κ2) is 13.3. The first-order chi connectivity index (χ1) is 25.3. The standard InChI is InChI=1S/C50H35N/c1-5-15-36(16-6-1)37-25-30-43(31-26-37)51(42-21-11-4-12-22-42)44-32-27-38(28-33-44)41-29-34-46-45-23-13-14-24-47(45)49(39-17-7-2-8-18-39)50(48(46)35-41)40-19-9-3-10-20-40/h1-35H. The van der Waals surface area contributed by atoms with Crippen molar-refractivity contribution in [1.29, 1.82) is 0 Å². The van der Waals surface area contributed by atoms with E-state index in [9.17, 15) is 0 Å². The van der Waals surface area contributed by atoms with Gasteiger partial charge in [0, 0.05) is 17.1 Å². The van der Waals surface area contributed by atoms with Gasteiger partial charge in [0.2, 0.25) is 0 Å². The zero-order chi connectivity index (χ0) is 34.0. The van der Waals surface area contributed by atoms with Crippen molar-refractivity contribution < 1.29 is 0 Å². The zero-order valence-corrected chi connectivity index (χ0v) is 28.2. The van der Waals surface area contributed by atoms with Crippen molar-refractivity contribution in [2.45, 2.75) is 0 Å². The van der Waals surface area contributed by atoms with Gasteiger partial charge < -0.3 is 4.90 Å². The Morgan fingerprint density at radius 3 is 1.12 bits per heavy atom. The molecule has 9 aromatic carbocycles. The lowest BCUT2D eigenvalue weighted by atomic mass is 9.84. The predicted molar refractivity (Wildman–Crippen MR) is 218 cm³/mol. The van der Waals surface area contributed by atoms with Crippen LogP contribution in [0, 0.1) is 0 Å². The maximum Gasteiger partial charge on any atom is 0.0462 e. The van der Waals surface area contributed by atoms with Gasteiger partial charge in [-0.2, -0.15) is 0 Å². The monoisotopic (exact) mass is 649 g/mol. The Hall–Kier alpha value is -6.70. The molecule has 0 aliphatic rings. The molecule has 51 heavy (non-hydrogen) atoms. The number of fused-ring (bicyclic) bond motifs is 3. The average Bonchev–Trinajstić information content (AvgIpc) is 3.22. The van der Waals surface area contributed by atoms with Crippen LogP contribution in [-0.2, 0) is 0 Å². The minimum atomic E-state index is 1.11. The van der Waals surface area contributed by atoms with Crippen molar-refractivity contribution in [1.82, 2.24) is 0 Å². The molecular weight excluding hydrogens is 615 g/mol. The van der Waals surface area contributed by atoms with E-state index in [1.54, 1.807) is 0 Å². The van der Waals surface area contributed by atoms with E-state index in [1.165, 1.54) is 66.1 Å². The van der Waals surface area contributed by atoms with E-state index in [1.807, 2.05) is 0 Å². The number of hydrogen-bond acceptors (Lipinski definition) is 1. The van der Waals surface area contributed by atoms with Crippen molar-refractivity contribution in [3.8, 4) is 44.5 Å². The first-order valence-electron chi connectivity index (χ1n) is 17.5. The number of rotatable bonds is 7. The second-order valence-corrected chi connectivity index (χ2v) is 12.9. The van der Waals surface area contributed by atoms with Gasteiger partial charge in [0.25, 0.3) is 0 Å². The maximum absolute atomic E-state index is 2.39. The Morgan fingerprint density at radius 1 is 0.216 bits per heavy atom. The second-order valence-electron chi connectivity index (χ2n) is 12.9. The number of nitrogens with zero attached hydrogens (tertiary/aromatic N) is 1. The van der Waals surface area contributed by atoms with Crippen LogP contribution in [0.25, 0.3) is 66.1 Å². The molecule has 1 heteroatoms. The van der Waals surface area contributed by atoms with Crippen LogP contribution >= 0.6 is 0 Å². The highest BCUT2D eigenvalue weighted by Gasteiger charge is 2.18. The summed E-state index contributed by atoms with van der Waals surface area (Å²) in [7, 11) is 0. The largest absolute Gasteiger partial charge is 0.311 e. The molecular formula is C50H35N. The van der Waals surface area contributed by atoms with Crippen LogP contribution in [0.5, 0.6) is 0 Å². The maximum atomic E-state index is 2.39. The van der Waals surface area contributed by atoms with Crippen molar-refractivity contribution in [3.63, 3.8) is 0 Å². The molecule has 0 amide bonds. The molecule has 0 saturated heterocycles. The van der Waals surface area contributed by atoms with E-state index in [2.05, 4.69) is 217 Å². The van der Waals surface area contributed by atoms with Crippen LogP contribution < -0.4 is 4.90 Å². The van der Waals surface area contributed by atoms with Crippen LogP contribution in [0.2, 0.25) is 0 Å². The summed E-state index contributed by atoms with van der Waals surface area (Å²) in [5.41, 5.74) is 13.1. The fourth-order valence-electron chi connectivity index (χ4n) is 7.44. The molecule has 0 N–H and O–H groups in total. The first kappa shape index (κ1) is 30.4. The lowest BCUT2D eigenvalue weighted by Gasteiger charge is -2.26. The van der Waals surface area contributed by atoms with Crippen molar-refractivity contribution in [2.75, 3.05) is 4.90 Å². The van der Waals surface area contributed by atoms with E-state index < -0.39 is 0 Å². The first-order valence-corrected chi connectivity index (χ1v) is 17.5. The molecule has 9 rings (SSSR count). The minimum Gasteiger partial charge on any atom is -0.311 e. The van der Waals surface area contributed by atoms with Gasteiger partial charge in [0.05, 0.1) is 0 Å². The summed E-state index contributed by atoms with van der Waals surface area (Å²) in [6, 6.07) is 76.5. The number of para-hydroxylation sites is 1. The molecule has 0 aliphatic carbocycles. The van der Waals surface area contributed by atoms with Gasteiger partial charge in [-0.25, -0.2) is 0 Å². The predicted octanol–water partition coefficient (Wildman–Crippen LogP) is 14.1. The summed E-state index contributed by atoms with van der Waals surface area (Å²) in [5, 5.41) is 5.05. The van der Waals surface area contributed by atoms with Crippen LogP contribution in [0.3, 0.4) is 0 Å². The summed E-state index contributed by atoms with van der Waals surface area (Å²) in [5.74, 6) is 0.